The highest BCUT2D eigenvalue weighted by Gasteiger charge is 2.24. The van der Waals surface area contributed by atoms with Crippen molar-refractivity contribution in [2.24, 2.45) is 0 Å². The summed E-state index contributed by atoms with van der Waals surface area (Å²) in [5, 5.41) is 3.36. The smallest absolute Gasteiger partial charge is 0.219 e. The van der Waals surface area contributed by atoms with Crippen molar-refractivity contribution in [2.75, 3.05) is 24.1 Å². The number of nitrogens with zero attached hydrogens (tertiary/aromatic N) is 5. The van der Waals surface area contributed by atoms with Crippen molar-refractivity contribution >= 4 is 23.1 Å². The number of hydrogen-bond acceptors (Lipinski definition) is 6. The van der Waals surface area contributed by atoms with Crippen LogP contribution < -0.4 is 11.1 Å². The fourth-order valence-corrected chi connectivity index (χ4v) is 3.59. The third-order valence-electron chi connectivity index (χ3n) is 4.96. The molecule has 1 unspecified atom stereocenters. The Morgan fingerprint density at radius 3 is 3.04 bits per heavy atom. The first-order chi connectivity index (χ1) is 13.1. The molecule has 1 fully saturated rings. The van der Waals surface area contributed by atoms with Gasteiger partial charge in [0.2, 0.25) is 5.91 Å². The first-order valence-electron chi connectivity index (χ1n) is 9.19. The van der Waals surface area contributed by atoms with Gasteiger partial charge in [0.1, 0.15) is 17.2 Å². The Bertz CT molecular complexity index is 968. The zero-order chi connectivity index (χ0) is 18.8. The maximum absolute atomic E-state index is 11.8. The number of imidazole rings is 1. The SMILES string of the molecule is CC(=O)N1CCCCC1CNc1ccnc(-c2cnc3ccc(N)cn23)n1. The van der Waals surface area contributed by atoms with E-state index in [2.05, 4.69) is 20.3 Å². The number of hydrogen-bond donors (Lipinski definition) is 2. The summed E-state index contributed by atoms with van der Waals surface area (Å²) in [4.78, 5) is 27.2. The predicted molar refractivity (Wildman–Crippen MR) is 104 cm³/mol. The minimum Gasteiger partial charge on any atom is -0.398 e. The molecule has 1 aliphatic rings. The number of fused-ring (bicyclic) bond motifs is 1. The molecule has 8 nitrogen and oxygen atoms in total. The van der Waals surface area contributed by atoms with Crippen LogP contribution in [0, 0.1) is 0 Å². The standard InChI is InChI=1S/C19H23N7O/c1-13(27)25-9-3-2-4-15(25)10-22-17-7-8-21-19(24-17)16-11-23-18-6-5-14(20)12-26(16)18/h5-8,11-12,15H,2-4,9-10,20H2,1H3,(H,21,22,24). The van der Waals surface area contributed by atoms with E-state index in [0.29, 0.717) is 18.1 Å². The molecule has 140 valence electrons. The summed E-state index contributed by atoms with van der Waals surface area (Å²) in [6, 6.07) is 5.71. The van der Waals surface area contributed by atoms with E-state index in [-0.39, 0.29) is 11.9 Å². The van der Waals surface area contributed by atoms with Gasteiger partial charge in [0.05, 0.1) is 6.20 Å². The van der Waals surface area contributed by atoms with Gasteiger partial charge in [-0.2, -0.15) is 0 Å². The van der Waals surface area contributed by atoms with Crippen molar-refractivity contribution in [1.82, 2.24) is 24.3 Å². The molecule has 1 saturated heterocycles. The molecule has 3 N–H and O–H groups in total. The van der Waals surface area contributed by atoms with Crippen molar-refractivity contribution < 1.29 is 4.79 Å². The van der Waals surface area contributed by atoms with Crippen LogP contribution in [0.25, 0.3) is 17.2 Å². The topological polar surface area (TPSA) is 101 Å². The van der Waals surface area contributed by atoms with Gasteiger partial charge in [-0.1, -0.05) is 0 Å². The van der Waals surface area contributed by atoms with E-state index in [4.69, 9.17) is 5.73 Å². The first kappa shape index (κ1) is 17.3. The molecular weight excluding hydrogens is 342 g/mol. The molecule has 1 aliphatic heterocycles. The van der Waals surface area contributed by atoms with Crippen molar-refractivity contribution in [3.05, 3.63) is 36.8 Å². The highest BCUT2D eigenvalue weighted by Crippen LogP contribution is 2.21. The van der Waals surface area contributed by atoms with Gasteiger partial charge in [0.15, 0.2) is 5.82 Å². The van der Waals surface area contributed by atoms with Crippen LogP contribution in [0.4, 0.5) is 11.5 Å². The second-order valence-electron chi connectivity index (χ2n) is 6.84. The maximum Gasteiger partial charge on any atom is 0.219 e. The van der Waals surface area contributed by atoms with Gasteiger partial charge in [-0.05, 0) is 37.5 Å². The summed E-state index contributed by atoms with van der Waals surface area (Å²) in [6.45, 7) is 3.15. The summed E-state index contributed by atoms with van der Waals surface area (Å²) in [6.07, 6.45) is 8.51. The number of amides is 1. The lowest BCUT2D eigenvalue weighted by molar-refractivity contribution is -0.132. The maximum atomic E-state index is 11.8. The molecule has 0 bridgehead atoms. The Morgan fingerprint density at radius 1 is 1.30 bits per heavy atom. The summed E-state index contributed by atoms with van der Waals surface area (Å²) >= 11 is 0. The molecule has 0 saturated carbocycles. The highest BCUT2D eigenvalue weighted by molar-refractivity contribution is 5.73. The van der Waals surface area contributed by atoms with Gasteiger partial charge in [-0.3, -0.25) is 9.20 Å². The molecule has 0 radical (unpaired) electrons. The number of nitrogens with two attached hydrogens (primary N) is 1. The summed E-state index contributed by atoms with van der Waals surface area (Å²) < 4.78 is 1.88. The van der Waals surface area contributed by atoms with E-state index in [0.717, 1.165) is 43.0 Å². The Morgan fingerprint density at radius 2 is 2.19 bits per heavy atom. The van der Waals surface area contributed by atoms with Crippen molar-refractivity contribution in [3.63, 3.8) is 0 Å². The van der Waals surface area contributed by atoms with Crippen LogP contribution in [0.2, 0.25) is 0 Å². The van der Waals surface area contributed by atoms with E-state index in [1.54, 1.807) is 19.3 Å². The Labute approximate surface area is 157 Å². The Hall–Kier alpha value is -3.16. The zero-order valence-corrected chi connectivity index (χ0v) is 15.3. The molecule has 4 rings (SSSR count). The largest absolute Gasteiger partial charge is 0.398 e. The second kappa shape index (κ2) is 7.22. The van der Waals surface area contributed by atoms with Crippen LogP contribution in [-0.4, -0.2) is 49.3 Å². The predicted octanol–water partition coefficient (Wildman–Crippen LogP) is 2.19. The van der Waals surface area contributed by atoms with Crippen LogP contribution in [-0.2, 0) is 4.79 Å². The number of piperidine rings is 1. The van der Waals surface area contributed by atoms with Crippen molar-refractivity contribution in [2.45, 2.75) is 32.2 Å². The van der Waals surface area contributed by atoms with Crippen LogP contribution in [0.5, 0.6) is 0 Å². The molecular formula is C19H23N7O. The number of carbonyl (C=O) groups excluding carboxylic acids is 1. The van der Waals surface area contributed by atoms with Gasteiger partial charge in [-0.15, -0.1) is 0 Å². The molecule has 0 aliphatic carbocycles. The van der Waals surface area contributed by atoms with Crippen molar-refractivity contribution in [3.8, 4) is 11.5 Å². The minimum absolute atomic E-state index is 0.133. The zero-order valence-electron chi connectivity index (χ0n) is 15.3. The normalized spacial score (nSPS) is 17.2. The first-order valence-corrected chi connectivity index (χ1v) is 9.19. The molecule has 8 heteroatoms. The summed E-state index contributed by atoms with van der Waals surface area (Å²) in [5.41, 5.74) is 8.12. The Balaban J connectivity index is 1.54. The van der Waals surface area contributed by atoms with E-state index >= 15 is 0 Å². The van der Waals surface area contributed by atoms with E-state index in [9.17, 15) is 4.79 Å². The third kappa shape index (κ3) is 3.55. The van der Waals surface area contributed by atoms with Crippen LogP contribution >= 0.6 is 0 Å². The number of nitrogens with one attached hydrogen (secondary N) is 1. The molecule has 27 heavy (non-hydrogen) atoms. The molecule has 0 aromatic carbocycles. The number of likely N-dealkylation sites (tertiary alicyclic amines) is 1. The fraction of sp³-hybridized carbons (Fsp3) is 0.368. The second-order valence-corrected chi connectivity index (χ2v) is 6.84. The van der Waals surface area contributed by atoms with E-state index < -0.39 is 0 Å². The number of nitrogen functional groups attached to an aromatic ring is 1. The minimum atomic E-state index is 0.133. The quantitative estimate of drug-likeness (QED) is 0.735. The van der Waals surface area contributed by atoms with Crippen LogP contribution in [0.1, 0.15) is 26.2 Å². The van der Waals surface area contributed by atoms with Crippen LogP contribution in [0.15, 0.2) is 36.8 Å². The monoisotopic (exact) mass is 365 g/mol. The third-order valence-corrected chi connectivity index (χ3v) is 4.96. The molecule has 4 heterocycles. The van der Waals surface area contributed by atoms with Crippen molar-refractivity contribution in [1.29, 1.82) is 0 Å². The summed E-state index contributed by atoms with van der Waals surface area (Å²) in [7, 11) is 0. The number of rotatable bonds is 4. The molecule has 3 aromatic heterocycles. The molecule has 3 aromatic rings. The lowest BCUT2D eigenvalue weighted by Crippen LogP contribution is -2.46. The Kier molecular flexibility index (Phi) is 4.62. The number of carbonyl (C=O) groups is 1. The molecule has 0 spiro atoms. The molecule has 1 amide bonds. The van der Waals surface area contributed by atoms with Gasteiger partial charge in [-0.25, -0.2) is 15.0 Å². The lowest BCUT2D eigenvalue weighted by Gasteiger charge is -2.35. The van der Waals surface area contributed by atoms with Gasteiger partial charge < -0.3 is 16.0 Å². The van der Waals surface area contributed by atoms with E-state index in [1.807, 2.05) is 33.7 Å². The van der Waals surface area contributed by atoms with Crippen LogP contribution in [0.3, 0.4) is 0 Å². The van der Waals surface area contributed by atoms with Gasteiger partial charge in [0.25, 0.3) is 0 Å². The lowest BCUT2D eigenvalue weighted by atomic mass is 10.0. The molecule has 1 atom stereocenters. The number of aromatic nitrogens is 4. The number of anilines is 2. The van der Waals surface area contributed by atoms with Gasteiger partial charge in [0, 0.05) is 44.1 Å². The highest BCUT2D eigenvalue weighted by atomic mass is 16.2. The fourth-order valence-electron chi connectivity index (χ4n) is 3.59. The average Bonchev–Trinajstić information content (AvgIpc) is 3.10. The summed E-state index contributed by atoms with van der Waals surface area (Å²) in [5.74, 6) is 1.44. The van der Waals surface area contributed by atoms with E-state index in [1.165, 1.54) is 0 Å². The number of pyridine rings is 1. The van der Waals surface area contributed by atoms with Gasteiger partial charge >= 0.3 is 0 Å². The average molecular weight is 365 g/mol.